The van der Waals surface area contributed by atoms with Crippen LogP contribution in [-0.4, -0.2) is 19.1 Å². The molecule has 1 aliphatic carbocycles. The van der Waals surface area contributed by atoms with Crippen molar-refractivity contribution in [1.82, 2.24) is 5.32 Å². The van der Waals surface area contributed by atoms with Gasteiger partial charge in [-0.15, -0.1) is 0 Å². The Morgan fingerprint density at radius 2 is 2.00 bits per heavy atom. The van der Waals surface area contributed by atoms with Crippen molar-refractivity contribution >= 4 is 5.69 Å². The highest BCUT2D eigenvalue weighted by Gasteiger charge is 2.35. The topological polar surface area (TPSA) is 15.3 Å². The fourth-order valence-corrected chi connectivity index (χ4v) is 3.95. The first kappa shape index (κ1) is 13.0. The first-order chi connectivity index (χ1) is 9.40. The van der Waals surface area contributed by atoms with Gasteiger partial charge in [-0.3, -0.25) is 0 Å². The standard InChI is InChI=1S/C17H26N2/c1-2-18-13-15-7-3-4-10-17(15)19-12-6-9-14-8-5-11-16(14)19/h3-4,7,10,14,16,18H,2,5-6,8-9,11-13H2,1H3. The fourth-order valence-electron chi connectivity index (χ4n) is 3.95. The lowest BCUT2D eigenvalue weighted by molar-refractivity contribution is 0.362. The molecule has 1 aliphatic heterocycles. The van der Waals surface area contributed by atoms with Crippen LogP contribution in [0.1, 0.15) is 44.6 Å². The lowest BCUT2D eigenvalue weighted by Gasteiger charge is -2.40. The summed E-state index contributed by atoms with van der Waals surface area (Å²) in [5, 5.41) is 3.48. The minimum absolute atomic E-state index is 0.816. The summed E-state index contributed by atoms with van der Waals surface area (Å²) < 4.78 is 0. The van der Waals surface area contributed by atoms with Crippen LogP contribution in [0.5, 0.6) is 0 Å². The lowest BCUT2D eigenvalue weighted by atomic mass is 9.91. The Bertz CT molecular complexity index is 415. The van der Waals surface area contributed by atoms with Crippen molar-refractivity contribution in [2.75, 3.05) is 18.0 Å². The molecule has 19 heavy (non-hydrogen) atoms. The minimum Gasteiger partial charge on any atom is -0.368 e. The van der Waals surface area contributed by atoms with Crippen LogP contribution in [0, 0.1) is 5.92 Å². The second-order valence-corrected chi connectivity index (χ2v) is 6.00. The van der Waals surface area contributed by atoms with E-state index in [9.17, 15) is 0 Å². The van der Waals surface area contributed by atoms with E-state index in [4.69, 9.17) is 0 Å². The summed E-state index contributed by atoms with van der Waals surface area (Å²) in [6.07, 6.45) is 7.12. The quantitative estimate of drug-likeness (QED) is 0.888. The molecule has 2 fully saturated rings. The van der Waals surface area contributed by atoms with Gasteiger partial charge in [-0.2, -0.15) is 0 Å². The predicted molar refractivity (Wildman–Crippen MR) is 81.5 cm³/mol. The number of fused-ring (bicyclic) bond motifs is 1. The third-order valence-electron chi connectivity index (χ3n) is 4.86. The molecule has 0 bridgehead atoms. The van der Waals surface area contributed by atoms with Gasteiger partial charge in [0.25, 0.3) is 0 Å². The van der Waals surface area contributed by atoms with E-state index >= 15 is 0 Å². The highest BCUT2D eigenvalue weighted by Crippen LogP contribution is 2.39. The number of nitrogens with zero attached hydrogens (tertiary/aromatic N) is 1. The van der Waals surface area contributed by atoms with Crippen molar-refractivity contribution in [3.63, 3.8) is 0 Å². The Morgan fingerprint density at radius 3 is 2.89 bits per heavy atom. The second kappa shape index (κ2) is 5.96. The van der Waals surface area contributed by atoms with E-state index in [1.807, 2.05) is 0 Å². The Morgan fingerprint density at radius 1 is 1.16 bits per heavy atom. The molecule has 1 saturated heterocycles. The summed E-state index contributed by atoms with van der Waals surface area (Å²) in [5.41, 5.74) is 2.96. The van der Waals surface area contributed by atoms with Crippen LogP contribution in [0.3, 0.4) is 0 Å². The van der Waals surface area contributed by atoms with Crippen LogP contribution in [0.4, 0.5) is 5.69 Å². The largest absolute Gasteiger partial charge is 0.368 e. The molecule has 1 aromatic carbocycles. The number of rotatable bonds is 4. The predicted octanol–water partition coefficient (Wildman–Crippen LogP) is 3.57. The number of nitrogens with one attached hydrogen (secondary N) is 1. The highest BCUT2D eigenvalue weighted by atomic mass is 15.2. The van der Waals surface area contributed by atoms with Gasteiger partial charge in [-0.05, 0) is 49.8 Å². The molecule has 1 heterocycles. The van der Waals surface area contributed by atoms with E-state index in [1.165, 1.54) is 49.9 Å². The lowest BCUT2D eigenvalue weighted by Crippen LogP contribution is -2.43. The normalized spacial score (nSPS) is 26.5. The SMILES string of the molecule is CCNCc1ccccc1N1CCCC2CCCC21. The molecule has 0 amide bonds. The summed E-state index contributed by atoms with van der Waals surface area (Å²) in [4.78, 5) is 2.72. The maximum atomic E-state index is 3.48. The van der Waals surface area contributed by atoms with Gasteiger partial charge < -0.3 is 10.2 Å². The summed E-state index contributed by atoms with van der Waals surface area (Å²) in [7, 11) is 0. The van der Waals surface area contributed by atoms with Crippen LogP contribution in [0.2, 0.25) is 0 Å². The van der Waals surface area contributed by atoms with Crippen LogP contribution in [0.15, 0.2) is 24.3 Å². The molecule has 2 atom stereocenters. The van der Waals surface area contributed by atoms with Gasteiger partial charge in [0.1, 0.15) is 0 Å². The van der Waals surface area contributed by atoms with Crippen molar-refractivity contribution in [1.29, 1.82) is 0 Å². The summed E-state index contributed by atoms with van der Waals surface area (Å²) in [6.45, 7) is 5.47. The van der Waals surface area contributed by atoms with Gasteiger partial charge in [0.05, 0.1) is 0 Å². The zero-order valence-electron chi connectivity index (χ0n) is 12.1. The zero-order valence-corrected chi connectivity index (χ0v) is 12.1. The van der Waals surface area contributed by atoms with E-state index < -0.39 is 0 Å². The minimum atomic E-state index is 0.816. The molecular weight excluding hydrogens is 232 g/mol. The number of anilines is 1. The van der Waals surface area contributed by atoms with E-state index in [1.54, 1.807) is 0 Å². The third kappa shape index (κ3) is 2.64. The average Bonchev–Trinajstić information content (AvgIpc) is 2.94. The molecule has 2 nitrogen and oxygen atoms in total. The first-order valence-corrected chi connectivity index (χ1v) is 7.95. The number of piperidine rings is 1. The zero-order chi connectivity index (χ0) is 13.1. The third-order valence-corrected chi connectivity index (χ3v) is 4.86. The van der Waals surface area contributed by atoms with E-state index in [2.05, 4.69) is 41.4 Å². The van der Waals surface area contributed by atoms with Crippen LogP contribution in [-0.2, 0) is 6.54 Å². The smallest absolute Gasteiger partial charge is 0.0414 e. The second-order valence-electron chi connectivity index (χ2n) is 6.00. The highest BCUT2D eigenvalue weighted by molar-refractivity contribution is 5.55. The molecule has 2 unspecified atom stereocenters. The number of benzene rings is 1. The Labute approximate surface area is 117 Å². The maximum Gasteiger partial charge on any atom is 0.0414 e. The Hall–Kier alpha value is -1.02. The molecular formula is C17H26N2. The first-order valence-electron chi connectivity index (χ1n) is 7.95. The van der Waals surface area contributed by atoms with Crippen LogP contribution < -0.4 is 10.2 Å². The summed E-state index contributed by atoms with van der Waals surface area (Å²) >= 11 is 0. The molecule has 104 valence electrons. The van der Waals surface area contributed by atoms with Gasteiger partial charge in [0, 0.05) is 24.8 Å². The molecule has 2 aliphatic rings. The van der Waals surface area contributed by atoms with Gasteiger partial charge in [-0.25, -0.2) is 0 Å². The van der Waals surface area contributed by atoms with Crippen molar-refractivity contribution in [3.05, 3.63) is 29.8 Å². The summed E-state index contributed by atoms with van der Waals surface area (Å²) in [5.74, 6) is 0.959. The molecule has 3 rings (SSSR count). The molecule has 0 aromatic heterocycles. The molecule has 1 aromatic rings. The Kier molecular flexibility index (Phi) is 4.07. The van der Waals surface area contributed by atoms with E-state index in [-0.39, 0.29) is 0 Å². The average molecular weight is 258 g/mol. The van der Waals surface area contributed by atoms with Gasteiger partial charge in [-0.1, -0.05) is 31.5 Å². The van der Waals surface area contributed by atoms with E-state index in [0.29, 0.717) is 0 Å². The van der Waals surface area contributed by atoms with E-state index in [0.717, 1.165) is 25.0 Å². The van der Waals surface area contributed by atoms with Gasteiger partial charge in [0.2, 0.25) is 0 Å². The van der Waals surface area contributed by atoms with Crippen molar-refractivity contribution in [3.8, 4) is 0 Å². The van der Waals surface area contributed by atoms with Crippen LogP contribution in [0.25, 0.3) is 0 Å². The number of hydrogen-bond acceptors (Lipinski definition) is 2. The molecule has 1 saturated carbocycles. The van der Waals surface area contributed by atoms with Gasteiger partial charge in [0.15, 0.2) is 0 Å². The molecule has 1 N–H and O–H groups in total. The van der Waals surface area contributed by atoms with Crippen LogP contribution >= 0.6 is 0 Å². The fraction of sp³-hybridized carbons (Fsp3) is 0.647. The Balaban J connectivity index is 1.83. The van der Waals surface area contributed by atoms with Crippen molar-refractivity contribution < 1.29 is 0 Å². The maximum absolute atomic E-state index is 3.48. The van der Waals surface area contributed by atoms with Crippen molar-refractivity contribution in [2.45, 2.75) is 51.6 Å². The van der Waals surface area contributed by atoms with Crippen molar-refractivity contribution in [2.24, 2.45) is 5.92 Å². The summed E-state index contributed by atoms with van der Waals surface area (Å²) in [6, 6.07) is 9.80. The molecule has 0 spiro atoms. The van der Waals surface area contributed by atoms with Gasteiger partial charge >= 0.3 is 0 Å². The number of hydrogen-bond donors (Lipinski definition) is 1. The number of para-hydroxylation sites is 1. The molecule has 2 heteroatoms. The molecule has 0 radical (unpaired) electrons. The monoisotopic (exact) mass is 258 g/mol.